The van der Waals surface area contributed by atoms with E-state index in [1.54, 1.807) is 0 Å². The number of carboxylic acids is 1. The van der Waals surface area contributed by atoms with Crippen LogP contribution in [0.25, 0.3) is 0 Å². The molecular formula is C6H9NO3. The van der Waals surface area contributed by atoms with Crippen LogP contribution in [0.1, 0.15) is 6.92 Å². The number of rotatable bonds is 3. The molecule has 0 radical (unpaired) electrons. The maximum atomic E-state index is 10.1. The topological polar surface area (TPSA) is 69.6 Å². The lowest BCUT2D eigenvalue weighted by atomic mass is 10.3. The number of aliphatic hydroxyl groups is 1. The van der Waals surface area contributed by atoms with Gasteiger partial charge >= 0.3 is 5.97 Å². The van der Waals surface area contributed by atoms with Gasteiger partial charge in [-0.3, -0.25) is 5.32 Å². The highest BCUT2D eigenvalue weighted by Crippen LogP contribution is 1.82. The van der Waals surface area contributed by atoms with Crippen LogP contribution in [0.2, 0.25) is 0 Å². The standard InChI is InChI=1S/C6H9NO3/c1-3-5(6(9)10)7-4(2)8/h1,4-5,7-8H,2H3,(H,9,10)/t4?,5-/m0/s1. The highest BCUT2D eigenvalue weighted by atomic mass is 16.4. The van der Waals surface area contributed by atoms with Crippen LogP contribution in [0, 0.1) is 12.3 Å². The average Bonchev–Trinajstić information content (AvgIpc) is 1.81. The summed E-state index contributed by atoms with van der Waals surface area (Å²) in [5.74, 6) is 0.799. The maximum Gasteiger partial charge on any atom is 0.333 e. The largest absolute Gasteiger partial charge is 0.479 e. The summed E-state index contributed by atoms with van der Waals surface area (Å²) in [6.07, 6.45) is 3.91. The fourth-order valence-corrected chi connectivity index (χ4v) is 0.432. The van der Waals surface area contributed by atoms with Crippen LogP contribution in [-0.4, -0.2) is 28.5 Å². The Kier molecular flexibility index (Phi) is 3.47. The van der Waals surface area contributed by atoms with Crippen molar-refractivity contribution in [3.63, 3.8) is 0 Å². The molecular weight excluding hydrogens is 134 g/mol. The Morgan fingerprint density at radius 3 is 2.40 bits per heavy atom. The quantitative estimate of drug-likeness (QED) is 0.350. The van der Waals surface area contributed by atoms with Crippen molar-refractivity contribution in [3.05, 3.63) is 0 Å². The molecule has 0 saturated carbocycles. The van der Waals surface area contributed by atoms with Gasteiger partial charge in [-0.1, -0.05) is 5.92 Å². The predicted molar refractivity (Wildman–Crippen MR) is 35.1 cm³/mol. The van der Waals surface area contributed by atoms with Gasteiger partial charge in [0, 0.05) is 0 Å². The molecule has 0 aromatic carbocycles. The zero-order valence-electron chi connectivity index (χ0n) is 5.53. The molecule has 0 aromatic heterocycles. The van der Waals surface area contributed by atoms with Crippen molar-refractivity contribution in [1.82, 2.24) is 5.32 Å². The summed E-state index contributed by atoms with van der Waals surface area (Å²) in [7, 11) is 0. The van der Waals surface area contributed by atoms with Crippen LogP contribution in [0.5, 0.6) is 0 Å². The average molecular weight is 143 g/mol. The molecule has 0 bridgehead atoms. The third-order valence-corrected chi connectivity index (χ3v) is 0.821. The molecule has 2 atom stereocenters. The number of hydrogen-bond acceptors (Lipinski definition) is 3. The summed E-state index contributed by atoms with van der Waals surface area (Å²) in [4.78, 5) is 10.1. The van der Waals surface area contributed by atoms with E-state index in [4.69, 9.17) is 16.6 Å². The fraction of sp³-hybridized carbons (Fsp3) is 0.500. The minimum atomic E-state index is -1.16. The molecule has 0 aliphatic heterocycles. The second-order valence-corrected chi connectivity index (χ2v) is 1.78. The van der Waals surface area contributed by atoms with Crippen LogP contribution in [0.3, 0.4) is 0 Å². The number of carbonyl (C=O) groups is 1. The van der Waals surface area contributed by atoms with Gasteiger partial charge in [0.25, 0.3) is 0 Å². The van der Waals surface area contributed by atoms with E-state index in [-0.39, 0.29) is 0 Å². The lowest BCUT2D eigenvalue weighted by Gasteiger charge is -2.09. The molecule has 4 nitrogen and oxygen atoms in total. The molecule has 0 saturated heterocycles. The summed E-state index contributed by atoms with van der Waals surface area (Å²) < 4.78 is 0. The van der Waals surface area contributed by atoms with Crippen LogP contribution in [0.15, 0.2) is 0 Å². The van der Waals surface area contributed by atoms with Gasteiger partial charge in [-0.05, 0) is 6.92 Å². The van der Waals surface area contributed by atoms with Crippen molar-refractivity contribution in [3.8, 4) is 12.3 Å². The molecule has 10 heavy (non-hydrogen) atoms. The molecule has 4 heteroatoms. The molecule has 0 spiro atoms. The Morgan fingerprint density at radius 2 is 2.30 bits per heavy atom. The molecule has 0 fully saturated rings. The third kappa shape index (κ3) is 3.07. The second kappa shape index (κ2) is 3.88. The highest BCUT2D eigenvalue weighted by molar-refractivity contribution is 5.77. The Balaban J connectivity index is 3.88. The fourth-order valence-electron chi connectivity index (χ4n) is 0.432. The number of aliphatic carboxylic acids is 1. The summed E-state index contributed by atoms with van der Waals surface area (Å²) in [6, 6.07) is -1.11. The monoisotopic (exact) mass is 143 g/mol. The molecule has 0 aliphatic carbocycles. The highest BCUT2D eigenvalue weighted by Gasteiger charge is 2.14. The van der Waals surface area contributed by atoms with Gasteiger partial charge < -0.3 is 10.2 Å². The van der Waals surface area contributed by atoms with E-state index >= 15 is 0 Å². The molecule has 56 valence electrons. The van der Waals surface area contributed by atoms with Crippen LogP contribution >= 0.6 is 0 Å². The van der Waals surface area contributed by atoms with Crippen molar-refractivity contribution < 1.29 is 15.0 Å². The summed E-state index contributed by atoms with van der Waals surface area (Å²) in [6.45, 7) is 1.40. The molecule has 0 aromatic rings. The van der Waals surface area contributed by atoms with Crippen molar-refractivity contribution in [1.29, 1.82) is 0 Å². The van der Waals surface area contributed by atoms with E-state index in [9.17, 15) is 4.79 Å². The minimum absolute atomic E-state index is 0.905. The van der Waals surface area contributed by atoms with Crippen molar-refractivity contribution in [2.75, 3.05) is 0 Å². The first-order chi connectivity index (χ1) is 4.57. The van der Waals surface area contributed by atoms with Gasteiger partial charge in [-0.15, -0.1) is 6.42 Å². The molecule has 1 unspecified atom stereocenters. The smallest absolute Gasteiger partial charge is 0.333 e. The van der Waals surface area contributed by atoms with Crippen LogP contribution in [0.4, 0.5) is 0 Å². The van der Waals surface area contributed by atoms with Gasteiger partial charge in [-0.2, -0.15) is 0 Å². The third-order valence-electron chi connectivity index (χ3n) is 0.821. The zero-order valence-corrected chi connectivity index (χ0v) is 5.53. The van der Waals surface area contributed by atoms with Crippen LogP contribution < -0.4 is 5.32 Å². The zero-order chi connectivity index (χ0) is 8.15. The second-order valence-electron chi connectivity index (χ2n) is 1.78. The first-order valence-electron chi connectivity index (χ1n) is 2.71. The van der Waals surface area contributed by atoms with Gasteiger partial charge in [0.15, 0.2) is 6.04 Å². The Bertz CT molecular complexity index is 159. The summed E-state index contributed by atoms with van der Waals surface area (Å²) >= 11 is 0. The molecule has 0 amide bonds. The summed E-state index contributed by atoms with van der Waals surface area (Å²) in [5, 5.41) is 19.2. The van der Waals surface area contributed by atoms with Gasteiger partial charge in [0.1, 0.15) is 6.23 Å². The Labute approximate surface area is 58.9 Å². The summed E-state index contributed by atoms with van der Waals surface area (Å²) in [5.41, 5.74) is 0. The van der Waals surface area contributed by atoms with E-state index in [2.05, 4.69) is 5.32 Å². The number of carboxylic acid groups (broad SMARTS) is 1. The number of terminal acetylenes is 1. The van der Waals surface area contributed by atoms with Crippen molar-refractivity contribution in [2.24, 2.45) is 0 Å². The van der Waals surface area contributed by atoms with E-state index in [0.717, 1.165) is 0 Å². The van der Waals surface area contributed by atoms with E-state index in [1.807, 2.05) is 5.92 Å². The lowest BCUT2D eigenvalue weighted by Crippen LogP contribution is -2.40. The van der Waals surface area contributed by atoms with Gasteiger partial charge in [0.2, 0.25) is 0 Å². The number of nitrogens with one attached hydrogen (secondary N) is 1. The van der Waals surface area contributed by atoms with Gasteiger partial charge in [0.05, 0.1) is 0 Å². The Morgan fingerprint density at radius 1 is 1.80 bits per heavy atom. The Hall–Kier alpha value is -1.05. The maximum absolute atomic E-state index is 10.1. The van der Waals surface area contributed by atoms with Crippen molar-refractivity contribution >= 4 is 5.97 Å². The minimum Gasteiger partial charge on any atom is -0.479 e. The van der Waals surface area contributed by atoms with Crippen molar-refractivity contribution in [2.45, 2.75) is 19.2 Å². The molecule has 0 heterocycles. The van der Waals surface area contributed by atoms with Crippen LogP contribution in [-0.2, 0) is 4.79 Å². The predicted octanol–water partition coefficient (Wildman–Crippen LogP) is -0.999. The van der Waals surface area contributed by atoms with E-state index in [0.29, 0.717) is 0 Å². The normalized spacial score (nSPS) is 15.3. The SMILES string of the molecule is C#C[C@H](NC(C)O)C(=O)O. The molecule has 3 N–H and O–H groups in total. The number of hydrogen-bond donors (Lipinski definition) is 3. The first-order valence-corrected chi connectivity index (χ1v) is 2.71. The number of aliphatic hydroxyl groups excluding tert-OH is 1. The van der Waals surface area contributed by atoms with E-state index in [1.165, 1.54) is 6.92 Å². The van der Waals surface area contributed by atoms with E-state index < -0.39 is 18.2 Å². The molecule has 0 rings (SSSR count). The lowest BCUT2D eigenvalue weighted by molar-refractivity contribution is -0.138. The van der Waals surface area contributed by atoms with Gasteiger partial charge in [-0.25, -0.2) is 4.79 Å². The molecule has 0 aliphatic rings. The first kappa shape index (κ1) is 8.95.